The van der Waals surface area contributed by atoms with Crippen molar-refractivity contribution in [2.24, 2.45) is 0 Å². The topological polar surface area (TPSA) is 17.1 Å². The van der Waals surface area contributed by atoms with Gasteiger partial charge in [-0.05, 0) is 30.9 Å². The van der Waals surface area contributed by atoms with Crippen molar-refractivity contribution in [2.75, 3.05) is 0 Å². The van der Waals surface area contributed by atoms with E-state index in [1.807, 2.05) is 12.1 Å². The van der Waals surface area contributed by atoms with E-state index >= 15 is 0 Å². The summed E-state index contributed by atoms with van der Waals surface area (Å²) in [4.78, 5) is 11.7. The van der Waals surface area contributed by atoms with Crippen molar-refractivity contribution >= 4 is 5.78 Å². The summed E-state index contributed by atoms with van der Waals surface area (Å²) in [6.07, 6.45) is 4.11. The normalized spacial score (nSPS) is 22.4. The highest BCUT2D eigenvalue weighted by atomic mass is 16.1. The van der Waals surface area contributed by atoms with E-state index in [0.717, 1.165) is 19.3 Å². The molecule has 1 nitrogen and oxygen atoms in total. The van der Waals surface area contributed by atoms with Gasteiger partial charge < -0.3 is 0 Å². The molecule has 0 unspecified atom stereocenters. The summed E-state index contributed by atoms with van der Waals surface area (Å²) in [5, 5.41) is 0. The van der Waals surface area contributed by atoms with Crippen LogP contribution in [0.5, 0.6) is 0 Å². The zero-order valence-electron chi connectivity index (χ0n) is 8.62. The molecule has 74 valence electrons. The van der Waals surface area contributed by atoms with Gasteiger partial charge in [-0.3, -0.25) is 4.79 Å². The Hall–Kier alpha value is -1.11. The predicted molar refractivity (Wildman–Crippen MR) is 57.4 cm³/mol. The average molecular weight is 188 g/mol. The van der Waals surface area contributed by atoms with Crippen LogP contribution in [-0.2, 0) is 4.79 Å². The van der Waals surface area contributed by atoms with Gasteiger partial charge in [-0.2, -0.15) is 0 Å². The third-order valence-electron chi connectivity index (χ3n) is 3.12. The summed E-state index contributed by atoms with van der Waals surface area (Å²) in [6, 6.07) is 8.26. The molecule has 0 aliphatic heterocycles. The molecule has 0 aromatic heterocycles. The summed E-state index contributed by atoms with van der Waals surface area (Å²) < 4.78 is 0. The zero-order valence-corrected chi connectivity index (χ0v) is 8.62. The second kappa shape index (κ2) is 3.95. The van der Waals surface area contributed by atoms with Crippen molar-refractivity contribution in [3.63, 3.8) is 0 Å². The lowest BCUT2D eigenvalue weighted by atomic mass is 9.81. The van der Waals surface area contributed by atoms with Gasteiger partial charge in [0.25, 0.3) is 0 Å². The maximum Gasteiger partial charge on any atom is 0.140 e. The highest BCUT2D eigenvalue weighted by Gasteiger charge is 2.24. The second-order valence-electron chi connectivity index (χ2n) is 4.12. The van der Waals surface area contributed by atoms with E-state index in [0.29, 0.717) is 5.78 Å². The molecule has 0 amide bonds. The molecular weight excluding hydrogens is 172 g/mol. The number of carbonyl (C=O) groups excluding carboxylic acids is 1. The van der Waals surface area contributed by atoms with Gasteiger partial charge in [-0.15, -0.1) is 0 Å². The number of rotatable bonds is 1. The van der Waals surface area contributed by atoms with E-state index in [4.69, 9.17) is 0 Å². The smallest absolute Gasteiger partial charge is 0.140 e. The molecule has 0 spiro atoms. The van der Waals surface area contributed by atoms with Crippen LogP contribution in [0.15, 0.2) is 24.3 Å². The van der Waals surface area contributed by atoms with Gasteiger partial charge in [0, 0.05) is 12.3 Å². The fraction of sp³-hybridized carbons (Fsp3) is 0.462. The van der Waals surface area contributed by atoms with Gasteiger partial charge in [-0.1, -0.05) is 30.7 Å². The third kappa shape index (κ3) is 1.72. The molecular formula is C13H16O. The molecule has 14 heavy (non-hydrogen) atoms. The Bertz CT molecular complexity index is 341. The third-order valence-corrected chi connectivity index (χ3v) is 3.12. The Labute approximate surface area is 85.1 Å². The van der Waals surface area contributed by atoms with Gasteiger partial charge >= 0.3 is 0 Å². The largest absolute Gasteiger partial charge is 0.299 e. The molecule has 1 saturated carbocycles. The molecule has 2 rings (SSSR count). The summed E-state index contributed by atoms with van der Waals surface area (Å²) in [5.41, 5.74) is 2.50. The first-order valence-electron chi connectivity index (χ1n) is 5.37. The van der Waals surface area contributed by atoms with Crippen LogP contribution in [0.4, 0.5) is 0 Å². The predicted octanol–water partition coefficient (Wildman–Crippen LogP) is 3.22. The Morgan fingerprint density at radius 2 is 2.00 bits per heavy atom. The van der Waals surface area contributed by atoms with Crippen molar-refractivity contribution in [2.45, 2.75) is 38.5 Å². The van der Waals surface area contributed by atoms with E-state index < -0.39 is 0 Å². The Morgan fingerprint density at radius 1 is 1.21 bits per heavy atom. The molecule has 0 saturated heterocycles. The number of carbonyl (C=O) groups is 1. The summed E-state index contributed by atoms with van der Waals surface area (Å²) >= 11 is 0. The van der Waals surface area contributed by atoms with Gasteiger partial charge in [0.1, 0.15) is 5.78 Å². The minimum absolute atomic E-state index is 0.185. The molecule has 0 heterocycles. The first kappa shape index (κ1) is 9.45. The quantitative estimate of drug-likeness (QED) is 0.661. The maximum absolute atomic E-state index is 11.7. The number of Topliss-reactive ketones (excluding diaryl/α,β-unsaturated/α-hetero) is 1. The van der Waals surface area contributed by atoms with E-state index in [2.05, 4.69) is 19.1 Å². The van der Waals surface area contributed by atoms with E-state index in [9.17, 15) is 4.79 Å². The second-order valence-corrected chi connectivity index (χ2v) is 4.12. The van der Waals surface area contributed by atoms with Crippen molar-refractivity contribution in [1.29, 1.82) is 0 Å². The van der Waals surface area contributed by atoms with Crippen molar-refractivity contribution < 1.29 is 4.79 Å². The number of benzene rings is 1. The molecule has 1 aliphatic rings. The van der Waals surface area contributed by atoms with Crippen LogP contribution >= 0.6 is 0 Å². The van der Waals surface area contributed by atoms with Crippen LogP contribution in [0.1, 0.15) is 42.7 Å². The minimum Gasteiger partial charge on any atom is -0.299 e. The van der Waals surface area contributed by atoms with E-state index in [1.54, 1.807) is 0 Å². The summed E-state index contributed by atoms with van der Waals surface area (Å²) in [5.74, 6) is 0.621. The molecule has 1 heteroatoms. The van der Waals surface area contributed by atoms with E-state index in [1.165, 1.54) is 17.5 Å². The van der Waals surface area contributed by atoms with Gasteiger partial charge in [0.2, 0.25) is 0 Å². The molecule has 0 N–H and O–H groups in total. The van der Waals surface area contributed by atoms with Gasteiger partial charge in [0.05, 0.1) is 0 Å². The van der Waals surface area contributed by atoms with Crippen molar-refractivity contribution in [3.8, 4) is 0 Å². The number of hydrogen-bond acceptors (Lipinski definition) is 1. The van der Waals surface area contributed by atoms with Gasteiger partial charge in [-0.25, -0.2) is 0 Å². The molecule has 1 aromatic carbocycles. The number of aryl methyl sites for hydroxylation is 1. The molecule has 0 radical (unpaired) electrons. The van der Waals surface area contributed by atoms with Crippen LogP contribution in [0, 0.1) is 6.92 Å². The standard InChI is InChI=1S/C13H16O/c1-10-6-2-3-7-11(10)12-8-4-5-9-13(12)14/h2-3,6-7,12H,4-5,8-9H2,1H3/t12-/m0/s1. The number of hydrogen-bond donors (Lipinski definition) is 0. The Morgan fingerprint density at radius 3 is 2.71 bits per heavy atom. The Balaban J connectivity index is 2.29. The average Bonchev–Trinajstić information content (AvgIpc) is 2.20. The van der Waals surface area contributed by atoms with Gasteiger partial charge in [0.15, 0.2) is 0 Å². The maximum atomic E-state index is 11.7. The lowest BCUT2D eigenvalue weighted by molar-refractivity contribution is -0.121. The monoisotopic (exact) mass is 188 g/mol. The van der Waals surface area contributed by atoms with E-state index in [-0.39, 0.29) is 5.92 Å². The first-order chi connectivity index (χ1) is 6.79. The van der Waals surface area contributed by atoms with Crippen LogP contribution in [-0.4, -0.2) is 5.78 Å². The van der Waals surface area contributed by atoms with Crippen molar-refractivity contribution in [1.82, 2.24) is 0 Å². The van der Waals surface area contributed by atoms with Crippen LogP contribution in [0.3, 0.4) is 0 Å². The minimum atomic E-state index is 0.185. The molecule has 0 bridgehead atoms. The highest BCUT2D eigenvalue weighted by Crippen LogP contribution is 2.31. The summed E-state index contributed by atoms with van der Waals surface area (Å²) in [7, 11) is 0. The van der Waals surface area contributed by atoms with Crippen LogP contribution in [0.25, 0.3) is 0 Å². The van der Waals surface area contributed by atoms with Crippen LogP contribution in [0.2, 0.25) is 0 Å². The zero-order chi connectivity index (χ0) is 9.97. The van der Waals surface area contributed by atoms with Crippen molar-refractivity contribution in [3.05, 3.63) is 35.4 Å². The molecule has 1 aliphatic carbocycles. The molecule has 1 atom stereocenters. The molecule has 1 fully saturated rings. The summed E-state index contributed by atoms with van der Waals surface area (Å²) in [6.45, 7) is 2.09. The lowest BCUT2D eigenvalue weighted by Crippen LogP contribution is -2.17. The fourth-order valence-electron chi connectivity index (χ4n) is 2.29. The lowest BCUT2D eigenvalue weighted by Gasteiger charge is -2.22. The Kier molecular flexibility index (Phi) is 2.67. The van der Waals surface area contributed by atoms with Crippen LogP contribution < -0.4 is 0 Å². The highest BCUT2D eigenvalue weighted by molar-refractivity contribution is 5.86. The molecule has 1 aromatic rings. The fourth-order valence-corrected chi connectivity index (χ4v) is 2.29. The number of ketones is 1. The SMILES string of the molecule is Cc1ccccc1[C@@H]1CCCCC1=O. The first-order valence-corrected chi connectivity index (χ1v) is 5.37.